The second-order valence-corrected chi connectivity index (χ2v) is 11.0. The first-order valence-electron chi connectivity index (χ1n) is 12.7. The van der Waals surface area contributed by atoms with Crippen LogP contribution in [0.2, 0.25) is 5.02 Å². The maximum absolute atomic E-state index is 14.7. The van der Waals surface area contributed by atoms with Crippen molar-refractivity contribution < 1.29 is 59.5 Å². The van der Waals surface area contributed by atoms with Crippen LogP contribution in [0.25, 0.3) is 16.9 Å². The smallest absolute Gasteiger partial charge is 0.404 e. The summed E-state index contributed by atoms with van der Waals surface area (Å²) in [6.07, 6.45) is -15.4. The molecular formula is C25H18BrClF8N6O5. The van der Waals surface area contributed by atoms with E-state index in [1.807, 2.05) is 0 Å². The molecule has 0 amide bonds. The topological polar surface area (TPSA) is 130 Å². The van der Waals surface area contributed by atoms with E-state index in [9.17, 15) is 45.3 Å². The highest BCUT2D eigenvalue weighted by molar-refractivity contribution is 9.10. The molecule has 1 aliphatic heterocycles. The molecule has 0 unspecified atom stereocenters. The lowest BCUT2D eigenvalue weighted by Crippen LogP contribution is -2.54. The van der Waals surface area contributed by atoms with E-state index in [0.717, 1.165) is 46.0 Å². The molecule has 1 fully saturated rings. The van der Waals surface area contributed by atoms with E-state index in [1.165, 1.54) is 6.07 Å². The van der Waals surface area contributed by atoms with Gasteiger partial charge in [0.1, 0.15) is 49.1 Å². The summed E-state index contributed by atoms with van der Waals surface area (Å²) in [4.78, 5) is 0. The molecule has 11 nitrogen and oxygen atoms in total. The quantitative estimate of drug-likeness (QED) is 0.187. The molecule has 1 saturated heterocycles. The highest BCUT2D eigenvalue weighted by Crippen LogP contribution is 2.42. The molecule has 3 heterocycles. The SMILES string of the molecule is OC[C@H]1O[C@@H](c2nncn2-c2cc(Cl)ccc2OC(F)(F)F)[C@H](OCC(F)(F)F)[C@@H](n2cc(-c3ccc(Br)c(F)c3F)nn2)[C@H]1O. The number of hydrogen-bond donors (Lipinski definition) is 2. The highest BCUT2D eigenvalue weighted by Gasteiger charge is 2.51. The molecule has 0 saturated carbocycles. The average molecular weight is 750 g/mol. The number of aliphatic hydroxyl groups is 2. The summed E-state index contributed by atoms with van der Waals surface area (Å²) in [7, 11) is 0. The number of nitrogens with zero attached hydrogens (tertiary/aromatic N) is 6. The van der Waals surface area contributed by atoms with Gasteiger partial charge >= 0.3 is 12.5 Å². The van der Waals surface area contributed by atoms with Crippen LogP contribution in [-0.4, -0.2) is 84.0 Å². The Morgan fingerprint density at radius 1 is 1.04 bits per heavy atom. The molecule has 0 radical (unpaired) electrons. The van der Waals surface area contributed by atoms with Crippen molar-refractivity contribution in [3.8, 4) is 22.7 Å². The van der Waals surface area contributed by atoms with Crippen LogP contribution in [0.15, 0.2) is 47.3 Å². The van der Waals surface area contributed by atoms with Crippen molar-refractivity contribution in [3.05, 3.63) is 69.8 Å². The van der Waals surface area contributed by atoms with Crippen LogP contribution >= 0.6 is 27.5 Å². The van der Waals surface area contributed by atoms with Crippen molar-refractivity contribution in [1.29, 1.82) is 0 Å². The van der Waals surface area contributed by atoms with E-state index in [-0.39, 0.29) is 15.2 Å². The monoisotopic (exact) mass is 748 g/mol. The fraction of sp³-hybridized carbons (Fsp3) is 0.360. The van der Waals surface area contributed by atoms with Crippen LogP contribution in [0, 0.1) is 11.6 Å². The molecule has 0 aliphatic carbocycles. The fourth-order valence-corrected chi connectivity index (χ4v) is 5.24. The maximum Gasteiger partial charge on any atom is 0.573 e. The molecule has 248 valence electrons. The Hall–Kier alpha value is -3.43. The largest absolute Gasteiger partial charge is 0.573 e. The summed E-state index contributed by atoms with van der Waals surface area (Å²) < 4.78 is 125. The van der Waals surface area contributed by atoms with Crippen LogP contribution in [-0.2, 0) is 9.47 Å². The molecule has 2 N–H and O–H groups in total. The summed E-state index contributed by atoms with van der Waals surface area (Å²) >= 11 is 8.85. The molecule has 2 aromatic carbocycles. The summed E-state index contributed by atoms with van der Waals surface area (Å²) in [5, 5.41) is 36.1. The highest BCUT2D eigenvalue weighted by atomic mass is 79.9. The van der Waals surface area contributed by atoms with E-state index < -0.39 is 90.7 Å². The third kappa shape index (κ3) is 7.10. The predicted molar refractivity (Wildman–Crippen MR) is 142 cm³/mol. The Morgan fingerprint density at radius 3 is 2.46 bits per heavy atom. The van der Waals surface area contributed by atoms with E-state index in [1.54, 1.807) is 0 Å². The first kappa shape index (κ1) is 33.9. The molecule has 21 heteroatoms. The lowest BCUT2D eigenvalue weighted by molar-refractivity contribution is -0.274. The molecule has 5 atom stereocenters. The minimum absolute atomic E-state index is 0.0769. The number of aliphatic hydroxyl groups excluding tert-OH is 2. The molecule has 5 rings (SSSR count). The van der Waals surface area contributed by atoms with E-state index in [2.05, 4.69) is 41.2 Å². The third-order valence-electron chi connectivity index (χ3n) is 6.67. The number of rotatable bonds is 8. The number of halogens is 10. The van der Waals surface area contributed by atoms with Gasteiger partial charge in [-0.05, 0) is 46.3 Å². The zero-order valence-corrected chi connectivity index (χ0v) is 24.8. The second kappa shape index (κ2) is 13.0. The van der Waals surface area contributed by atoms with Crippen LogP contribution in [0.4, 0.5) is 35.1 Å². The minimum Gasteiger partial charge on any atom is -0.404 e. The van der Waals surface area contributed by atoms with Gasteiger partial charge < -0.3 is 24.4 Å². The van der Waals surface area contributed by atoms with Crippen molar-refractivity contribution in [1.82, 2.24) is 29.8 Å². The van der Waals surface area contributed by atoms with Crippen molar-refractivity contribution >= 4 is 27.5 Å². The van der Waals surface area contributed by atoms with Gasteiger partial charge in [0, 0.05) is 10.6 Å². The number of aromatic nitrogens is 6. The van der Waals surface area contributed by atoms with Gasteiger partial charge in [0.2, 0.25) is 0 Å². The van der Waals surface area contributed by atoms with Gasteiger partial charge in [-0.1, -0.05) is 16.8 Å². The molecule has 2 aromatic heterocycles. The zero-order valence-electron chi connectivity index (χ0n) is 22.4. The first-order chi connectivity index (χ1) is 21.6. The average Bonchev–Trinajstić information content (AvgIpc) is 3.65. The summed E-state index contributed by atoms with van der Waals surface area (Å²) in [5.74, 6) is -3.87. The lowest BCUT2D eigenvalue weighted by Gasteiger charge is -2.43. The third-order valence-corrected chi connectivity index (χ3v) is 7.52. The standard InChI is InChI=1S/C25H18BrClF8N6O5/c26-12-3-2-11(17(28)18(12)29)13-6-41(39-37-13)19-20(43)16(7-42)45-22(21(19)44-8-24(30,31)32)23-38-36-9-40(23)14-5-10(27)1-4-15(14)46-25(33,34)35/h1-6,9,16,19-22,42-43H,7-8H2/t16-,19+,20+,21-,22-/m1/s1. The Morgan fingerprint density at radius 2 is 1.78 bits per heavy atom. The van der Waals surface area contributed by atoms with Gasteiger partial charge in [-0.15, -0.1) is 28.5 Å². The zero-order chi connectivity index (χ0) is 33.6. The number of hydrogen-bond acceptors (Lipinski definition) is 9. The predicted octanol–water partition coefficient (Wildman–Crippen LogP) is 5.10. The van der Waals surface area contributed by atoms with Crippen LogP contribution < -0.4 is 4.74 Å². The van der Waals surface area contributed by atoms with E-state index in [0.29, 0.717) is 0 Å². The Kier molecular flexibility index (Phi) is 9.58. The van der Waals surface area contributed by atoms with Gasteiger partial charge in [-0.2, -0.15) is 13.2 Å². The summed E-state index contributed by atoms with van der Waals surface area (Å²) in [6, 6.07) is 3.59. The summed E-state index contributed by atoms with van der Waals surface area (Å²) in [5.41, 5.74) is -1.11. The molecule has 4 aromatic rings. The fourth-order valence-electron chi connectivity index (χ4n) is 4.77. The van der Waals surface area contributed by atoms with E-state index in [4.69, 9.17) is 21.1 Å². The molecule has 1 aliphatic rings. The number of ether oxygens (including phenoxy) is 3. The van der Waals surface area contributed by atoms with Crippen molar-refractivity contribution in [3.63, 3.8) is 0 Å². The normalized spacial score (nSPS) is 22.3. The molecule has 46 heavy (non-hydrogen) atoms. The number of alkyl halides is 6. The van der Waals surface area contributed by atoms with Gasteiger partial charge in [0.05, 0.1) is 23.0 Å². The Labute approximate surface area is 265 Å². The number of benzene rings is 2. The Bertz CT molecular complexity index is 1710. The van der Waals surface area contributed by atoms with Crippen LogP contribution in [0.5, 0.6) is 5.75 Å². The second-order valence-electron chi connectivity index (χ2n) is 9.68. The van der Waals surface area contributed by atoms with Gasteiger partial charge in [0.15, 0.2) is 23.2 Å². The maximum atomic E-state index is 14.7. The van der Waals surface area contributed by atoms with Crippen LogP contribution in [0.1, 0.15) is 18.0 Å². The van der Waals surface area contributed by atoms with E-state index >= 15 is 0 Å². The van der Waals surface area contributed by atoms with Crippen molar-refractivity contribution in [2.24, 2.45) is 0 Å². The van der Waals surface area contributed by atoms with Crippen molar-refractivity contribution in [2.75, 3.05) is 13.2 Å². The van der Waals surface area contributed by atoms with Gasteiger partial charge in [-0.3, -0.25) is 4.57 Å². The molecular weight excluding hydrogens is 732 g/mol. The van der Waals surface area contributed by atoms with Crippen LogP contribution in [0.3, 0.4) is 0 Å². The van der Waals surface area contributed by atoms with Gasteiger partial charge in [0.25, 0.3) is 0 Å². The molecule has 0 spiro atoms. The first-order valence-corrected chi connectivity index (χ1v) is 13.9. The van der Waals surface area contributed by atoms with Crippen molar-refractivity contribution in [2.45, 2.75) is 43.0 Å². The molecule has 0 bridgehead atoms. The lowest BCUT2D eigenvalue weighted by atomic mass is 9.91. The Balaban J connectivity index is 1.63. The minimum atomic E-state index is -5.17. The summed E-state index contributed by atoms with van der Waals surface area (Å²) in [6.45, 7) is -2.85. The van der Waals surface area contributed by atoms with Gasteiger partial charge in [-0.25, -0.2) is 13.5 Å².